The molecule has 3 nitrogen and oxygen atoms in total. The molecule has 1 saturated carbocycles. The van der Waals surface area contributed by atoms with Crippen LogP contribution >= 0.6 is 0 Å². The third-order valence-corrected chi connectivity index (χ3v) is 3.08. The highest BCUT2D eigenvalue weighted by Crippen LogP contribution is 2.29. The molecule has 0 heterocycles. The second-order valence-electron chi connectivity index (χ2n) is 4.36. The lowest BCUT2D eigenvalue weighted by molar-refractivity contribution is -0.131. The Hall–Kier alpha value is -0.570. The number of amides is 1. The summed E-state index contributed by atoms with van der Waals surface area (Å²) in [5.74, 6) is 0.117. The first-order valence-corrected chi connectivity index (χ1v) is 4.88. The van der Waals surface area contributed by atoms with E-state index in [4.69, 9.17) is 0 Å². The molecule has 0 aromatic carbocycles. The molecule has 0 aromatic heterocycles. The highest BCUT2D eigenvalue weighted by Gasteiger charge is 2.30. The highest BCUT2D eigenvalue weighted by atomic mass is 16.3. The van der Waals surface area contributed by atoms with Gasteiger partial charge in [-0.05, 0) is 32.6 Å². The van der Waals surface area contributed by atoms with Gasteiger partial charge in [-0.2, -0.15) is 0 Å². The van der Waals surface area contributed by atoms with Crippen molar-refractivity contribution in [3.63, 3.8) is 0 Å². The molecular weight excluding hydrogens is 166 g/mol. The van der Waals surface area contributed by atoms with Gasteiger partial charge in [-0.25, -0.2) is 0 Å². The van der Waals surface area contributed by atoms with Crippen molar-refractivity contribution in [1.82, 2.24) is 4.90 Å². The van der Waals surface area contributed by atoms with Crippen molar-refractivity contribution in [3.8, 4) is 0 Å². The highest BCUT2D eigenvalue weighted by molar-refractivity contribution is 5.73. The quantitative estimate of drug-likeness (QED) is 0.666. The zero-order chi connectivity index (χ0) is 10.1. The van der Waals surface area contributed by atoms with Gasteiger partial charge in [0.25, 0.3) is 0 Å². The summed E-state index contributed by atoms with van der Waals surface area (Å²) in [6.45, 7) is 3.46. The maximum Gasteiger partial charge on any atom is 0.219 e. The summed E-state index contributed by atoms with van der Waals surface area (Å²) in [6.07, 6.45) is 3.44. The standard InChI is InChI=1S/C10H19NO2/c1-8(12)11(3)9-4-6-10(2,13)7-5-9/h9,13H,4-7H2,1-3H3. The van der Waals surface area contributed by atoms with Gasteiger partial charge in [0.1, 0.15) is 0 Å². The molecule has 1 rings (SSSR count). The van der Waals surface area contributed by atoms with Crippen molar-refractivity contribution in [2.45, 2.75) is 51.2 Å². The van der Waals surface area contributed by atoms with Crippen LogP contribution in [0.4, 0.5) is 0 Å². The maximum absolute atomic E-state index is 11.1. The minimum absolute atomic E-state index is 0.117. The fourth-order valence-electron chi connectivity index (χ4n) is 1.87. The summed E-state index contributed by atoms with van der Waals surface area (Å²) in [7, 11) is 1.84. The van der Waals surface area contributed by atoms with Crippen molar-refractivity contribution < 1.29 is 9.90 Å². The van der Waals surface area contributed by atoms with Gasteiger partial charge in [-0.1, -0.05) is 0 Å². The number of nitrogens with zero attached hydrogens (tertiary/aromatic N) is 1. The average molecular weight is 185 g/mol. The fourth-order valence-corrected chi connectivity index (χ4v) is 1.87. The predicted octanol–water partition coefficient (Wildman–Crippen LogP) is 1.16. The summed E-state index contributed by atoms with van der Waals surface area (Å²) in [5.41, 5.74) is -0.506. The van der Waals surface area contributed by atoms with E-state index >= 15 is 0 Å². The Morgan fingerprint density at radius 3 is 2.31 bits per heavy atom. The first kappa shape index (κ1) is 10.5. The van der Waals surface area contributed by atoms with Gasteiger partial charge in [0.05, 0.1) is 5.60 Å². The topological polar surface area (TPSA) is 40.5 Å². The number of aliphatic hydroxyl groups is 1. The normalized spacial score (nSPS) is 34.3. The zero-order valence-corrected chi connectivity index (χ0v) is 8.71. The van der Waals surface area contributed by atoms with E-state index in [9.17, 15) is 9.90 Å². The first-order chi connectivity index (χ1) is 5.92. The molecule has 0 saturated heterocycles. The van der Waals surface area contributed by atoms with Gasteiger partial charge in [0.15, 0.2) is 0 Å². The molecule has 3 heteroatoms. The Morgan fingerprint density at radius 1 is 1.46 bits per heavy atom. The van der Waals surface area contributed by atoms with Crippen LogP contribution in [0.1, 0.15) is 39.5 Å². The molecule has 0 radical (unpaired) electrons. The summed E-state index contributed by atoms with van der Waals surface area (Å²) in [5, 5.41) is 9.71. The van der Waals surface area contributed by atoms with E-state index in [1.807, 2.05) is 14.0 Å². The molecule has 0 unspecified atom stereocenters. The van der Waals surface area contributed by atoms with Gasteiger partial charge in [-0.15, -0.1) is 0 Å². The van der Waals surface area contributed by atoms with Crippen LogP contribution in [0.25, 0.3) is 0 Å². The van der Waals surface area contributed by atoms with Crippen LogP contribution in [0.15, 0.2) is 0 Å². The Balaban J connectivity index is 2.45. The van der Waals surface area contributed by atoms with E-state index in [1.54, 1.807) is 11.8 Å². The van der Waals surface area contributed by atoms with Crippen LogP contribution in [0.3, 0.4) is 0 Å². The SMILES string of the molecule is CC(=O)N(C)C1CCC(C)(O)CC1. The lowest BCUT2D eigenvalue weighted by atomic mass is 9.83. The van der Waals surface area contributed by atoms with Crippen LogP contribution in [0, 0.1) is 0 Å². The predicted molar refractivity (Wildman–Crippen MR) is 51.3 cm³/mol. The molecule has 76 valence electrons. The summed E-state index contributed by atoms with van der Waals surface area (Å²) in [6, 6.07) is 0.331. The minimum Gasteiger partial charge on any atom is -0.390 e. The fraction of sp³-hybridized carbons (Fsp3) is 0.900. The van der Waals surface area contributed by atoms with E-state index in [0.29, 0.717) is 6.04 Å². The van der Waals surface area contributed by atoms with Gasteiger partial charge < -0.3 is 10.0 Å². The summed E-state index contributed by atoms with van der Waals surface area (Å²) in [4.78, 5) is 12.9. The van der Waals surface area contributed by atoms with Crippen molar-refractivity contribution >= 4 is 5.91 Å². The van der Waals surface area contributed by atoms with E-state index < -0.39 is 5.60 Å². The molecule has 1 amide bonds. The third kappa shape index (κ3) is 2.69. The Labute approximate surface area is 79.7 Å². The molecule has 1 N–H and O–H groups in total. The molecule has 13 heavy (non-hydrogen) atoms. The Bertz CT molecular complexity index is 191. The van der Waals surface area contributed by atoms with Crippen molar-refractivity contribution in [1.29, 1.82) is 0 Å². The molecule has 0 aromatic rings. The lowest BCUT2D eigenvalue weighted by Crippen LogP contribution is -2.42. The van der Waals surface area contributed by atoms with Gasteiger partial charge in [0, 0.05) is 20.0 Å². The molecule has 1 fully saturated rings. The largest absolute Gasteiger partial charge is 0.390 e. The summed E-state index contributed by atoms with van der Waals surface area (Å²) >= 11 is 0. The number of hydrogen-bond donors (Lipinski definition) is 1. The monoisotopic (exact) mass is 185 g/mol. The average Bonchev–Trinajstić information content (AvgIpc) is 2.03. The Kier molecular flexibility index (Phi) is 2.96. The van der Waals surface area contributed by atoms with Crippen LogP contribution in [0.5, 0.6) is 0 Å². The number of carbonyl (C=O) groups is 1. The molecule has 1 aliphatic rings. The Morgan fingerprint density at radius 2 is 1.92 bits per heavy atom. The minimum atomic E-state index is -0.506. The molecule has 0 aliphatic heterocycles. The van der Waals surface area contributed by atoms with Crippen LogP contribution in [0.2, 0.25) is 0 Å². The van der Waals surface area contributed by atoms with Crippen LogP contribution in [-0.4, -0.2) is 34.6 Å². The molecule has 0 atom stereocenters. The van der Waals surface area contributed by atoms with Crippen molar-refractivity contribution in [3.05, 3.63) is 0 Å². The second kappa shape index (κ2) is 3.66. The molecule has 0 bridgehead atoms. The van der Waals surface area contributed by atoms with E-state index in [-0.39, 0.29) is 5.91 Å². The van der Waals surface area contributed by atoms with Gasteiger partial charge in [0.2, 0.25) is 5.91 Å². The smallest absolute Gasteiger partial charge is 0.219 e. The molecule has 0 spiro atoms. The van der Waals surface area contributed by atoms with Crippen molar-refractivity contribution in [2.75, 3.05) is 7.05 Å². The summed E-state index contributed by atoms with van der Waals surface area (Å²) < 4.78 is 0. The number of hydrogen-bond acceptors (Lipinski definition) is 2. The van der Waals surface area contributed by atoms with Crippen LogP contribution < -0.4 is 0 Å². The van der Waals surface area contributed by atoms with E-state index in [1.165, 1.54) is 0 Å². The lowest BCUT2D eigenvalue weighted by Gasteiger charge is -2.37. The first-order valence-electron chi connectivity index (χ1n) is 4.88. The molecular formula is C10H19NO2. The maximum atomic E-state index is 11.1. The number of carbonyl (C=O) groups excluding carboxylic acids is 1. The van der Waals surface area contributed by atoms with E-state index in [2.05, 4.69) is 0 Å². The van der Waals surface area contributed by atoms with Crippen molar-refractivity contribution in [2.24, 2.45) is 0 Å². The van der Waals surface area contributed by atoms with E-state index in [0.717, 1.165) is 25.7 Å². The zero-order valence-electron chi connectivity index (χ0n) is 8.71. The van der Waals surface area contributed by atoms with Gasteiger partial charge in [-0.3, -0.25) is 4.79 Å². The van der Waals surface area contributed by atoms with Crippen LogP contribution in [-0.2, 0) is 4.79 Å². The third-order valence-electron chi connectivity index (χ3n) is 3.08. The van der Waals surface area contributed by atoms with Gasteiger partial charge >= 0.3 is 0 Å². The molecule has 1 aliphatic carbocycles. The second-order valence-corrected chi connectivity index (χ2v) is 4.36. The number of rotatable bonds is 1.